The molecule has 0 radical (unpaired) electrons. The first-order valence-electron chi connectivity index (χ1n) is 6.70. The molecule has 0 bridgehead atoms. The largest absolute Gasteiger partial charge is 0.351 e. The lowest BCUT2D eigenvalue weighted by molar-refractivity contribution is 0.460. The van der Waals surface area contributed by atoms with Crippen LogP contribution in [0.4, 0.5) is 0 Å². The van der Waals surface area contributed by atoms with Crippen LogP contribution in [0.5, 0.6) is 0 Å². The maximum absolute atomic E-state index is 6.01. The highest BCUT2D eigenvalue weighted by atomic mass is 35.5. The van der Waals surface area contributed by atoms with Crippen molar-refractivity contribution in [2.45, 2.75) is 13.1 Å². The summed E-state index contributed by atoms with van der Waals surface area (Å²) in [6.45, 7) is 1.36. The van der Waals surface area contributed by atoms with Crippen LogP contribution in [0.2, 0.25) is 5.02 Å². The average molecular weight is 309 g/mol. The molecule has 0 aliphatic rings. The Morgan fingerprint density at radius 1 is 1.43 bits per heavy atom. The zero-order chi connectivity index (χ0) is 15.4. The summed E-state index contributed by atoms with van der Waals surface area (Å²) >= 11 is 6.01. The molecule has 0 fully saturated rings. The van der Waals surface area contributed by atoms with Gasteiger partial charge in [-0.05, 0) is 6.07 Å². The van der Waals surface area contributed by atoms with Crippen LogP contribution >= 0.6 is 11.6 Å². The van der Waals surface area contributed by atoms with E-state index in [9.17, 15) is 0 Å². The van der Waals surface area contributed by atoms with E-state index >= 15 is 0 Å². The Labute approximate surface area is 130 Å². The maximum atomic E-state index is 6.01. The molecule has 0 aromatic carbocycles. The molecule has 0 aliphatic carbocycles. The number of imidazole rings is 1. The minimum absolute atomic E-state index is 0.633. The molecule has 6 nitrogen and oxygen atoms in total. The predicted molar refractivity (Wildman–Crippen MR) is 85.3 cm³/mol. The van der Waals surface area contributed by atoms with Gasteiger partial charge in [0.15, 0.2) is 5.96 Å². The van der Waals surface area contributed by atoms with E-state index in [-0.39, 0.29) is 0 Å². The molecule has 2 aromatic rings. The van der Waals surface area contributed by atoms with Gasteiger partial charge in [-0.3, -0.25) is 4.99 Å². The molecule has 0 aliphatic heterocycles. The highest BCUT2D eigenvalue weighted by Crippen LogP contribution is 2.14. The van der Waals surface area contributed by atoms with E-state index in [2.05, 4.69) is 20.2 Å². The molecular weight excluding hydrogens is 288 g/mol. The van der Waals surface area contributed by atoms with Gasteiger partial charge in [0, 0.05) is 52.5 Å². The van der Waals surface area contributed by atoms with Gasteiger partial charge in [0.2, 0.25) is 0 Å². The summed E-state index contributed by atoms with van der Waals surface area (Å²) < 4.78 is 4.00. The number of halogens is 1. The Morgan fingerprint density at radius 3 is 2.71 bits per heavy atom. The average Bonchev–Trinajstić information content (AvgIpc) is 2.97. The Morgan fingerprint density at radius 2 is 2.19 bits per heavy atom. The van der Waals surface area contributed by atoms with Crippen LogP contribution in [0.25, 0.3) is 0 Å². The van der Waals surface area contributed by atoms with Gasteiger partial charge in [-0.15, -0.1) is 0 Å². The molecule has 1 N–H and O–H groups in total. The fraction of sp³-hybridized carbons (Fsp3) is 0.429. The SMILES string of the molecule is CN=C(NCc1nccn1C)N(C)Cc1cc(Cl)cn1C. The van der Waals surface area contributed by atoms with Crippen molar-refractivity contribution in [1.29, 1.82) is 0 Å². The predicted octanol–water partition coefficient (Wildman–Crippen LogP) is 1.62. The highest BCUT2D eigenvalue weighted by Gasteiger charge is 2.10. The van der Waals surface area contributed by atoms with Gasteiger partial charge in [0.05, 0.1) is 18.1 Å². The minimum Gasteiger partial charge on any atom is -0.351 e. The number of aryl methyl sites for hydroxylation is 2. The van der Waals surface area contributed by atoms with Gasteiger partial charge in [-0.1, -0.05) is 11.6 Å². The lowest BCUT2D eigenvalue weighted by Gasteiger charge is -2.22. The summed E-state index contributed by atoms with van der Waals surface area (Å²) in [5, 5.41) is 4.06. The third-order valence-electron chi connectivity index (χ3n) is 3.37. The molecule has 2 heterocycles. The normalized spacial score (nSPS) is 11.8. The van der Waals surface area contributed by atoms with Crippen LogP contribution < -0.4 is 5.32 Å². The Hall–Kier alpha value is -1.95. The van der Waals surface area contributed by atoms with Crippen molar-refractivity contribution in [1.82, 2.24) is 24.3 Å². The number of guanidine groups is 1. The molecule has 114 valence electrons. The lowest BCUT2D eigenvalue weighted by Crippen LogP contribution is -2.38. The van der Waals surface area contributed by atoms with Crippen molar-refractivity contribution < 1.29 is 0 Å². The smallest absolute Gasteiger partial charge is 0.194 e. The number of hydrogen-bond donors (Lipinski definition) is 1. The topological polar surface area (TPSA) is 50.4 Å². The summed E-state index contributed by atoms with van der Waals surface area (Å²) in [6.07, 6.45) is 5.61. The number of nitrogens with one attached hydrogen (secondary N) is 1. The molecule has 0 saturated carbocycles. The molecule has 0 amide bonds. The zero-order valence-electron chi connectivity index (χ0n) is 12.8. The molecule has 0 unspecified atom stereocenters. The van der Waals surface area contributed by atoms with Crippen LogP contribution in [0.1, 0.15) is 11.5 Å². The quantitative estimate of drug-likeness (QED) is 0.690. The maximum Gasteiger partial charge on any atom is 0.194 e. The van der Waals surface area contributed by atoms with Gasteiger partial charge in [-0.25, -0.2) is 4.98 Å². The molecule has 21 heavy (non-hydrogen) atoms. The Kier molecular flexibility index (Phi) is 4.90. The third kappa shape index (κ3) is 3.78. The van der Waals surface area contributed by atoms with Crippen molar-refractivity contribution in [3.05, 3.63) is 41.2 Å². The Balaban J connectivity index is 1.97. The number of rotatable bonds is 4. The van der Waals surface area contributed by atoms with Gasteiger partial charge < -0.3 is 19.4 Å². The molecule has 7 heteroatoms. The van der Waals surface area contributed by atoms with Crippen molar-refractivity contribution in [3.63, 3.8) is 0 Å². The fourth-order valence-corrected chi connectivity index (χ4v) is 2.42. The summed E-state index contributed by atoms with van der Waals surface area (Å²) in [7, 11) is 7.73. The standard InChI is InChI=1S/C14H21ClN6/c1-16-14(18-8-13-17-5-6-19(13)2)21(4)10-12-7-11(15)9-20(12)3/h5-7,9H,8,10H2,1-4H3,(H,16,18). The van der Waals surface area contributed by atoms with Gasteiger partial charge >= 0.3 is 0 Å². The van der Waals surface area contributed by atoms with Crippen molar-refractivity contribution >= 4 is 17.6 Å². The minimum atomic E-state index is 0.633. The van der Waals surface area contributed by atoms with Gasteiger partial charge in [-0.2, -0.15) is 0 Å². The summed E-state index contributed by atoms with van der Waals surface area (Å²) in [5.74, 6) is 1.78. The first kappa shape index (κ1) is 15.4. The number of nitrogens with zero attached hydrogens (tertiary/aromatic N) is 5. The van der Waals surface area contributed by atoms with E-state index in [0.29, 0.717) is 6.54 Å². The van der Waals surface area contributed by atoms with E-state index in [0.717, 1.165) is 29.0 Å². The van der Waals surface area contributed by atoms with Gasteiger partial charge in [0.25, 0.3) is 0 Å². The fourth-order valence-electron chi connectivity index (χ4n) is 2.15. The summed E-state index contributed by atoms with van der Waals surface area (Å²) in [5.41, 5.74) is 1.13. The molecule has 2 aromatic heterocycles. The van der Waals surface area contributed by atoms with E-state index in [1.807, 2.05) is 48.7 Å². The van der Waals surface area contributed by atoms with Gasteiger partial charge in [0.1, 0.15) is 5.82 Å². The van der Waals surface area contributed by atoms with E-state index in [4.69, 9.17) is 11.6 Å². The van der Waals surface area contributed by atoms with E-state index in [1.54, 1.807) is 13.2 Å². The van der Waals surface area contributed by atoms with E-state index in [1.165, 1.54) is 0 Å². The highest BCUT2D eigenvalue weighted by molar-refractivity contribution is 6.30. The first-order chi connectivity index (χ1) is 10.0. The number of aromatic nitrogens is 3. The lowest BCUT2D eigenvalue weighted by atomic mass is 10.4. The number of aliphatic imine (C=N–C) groups is 1. The van der Waals surface area contributed by atoms with Crippen LogP contribution in [-0.2, 0) is 27.2 Å². The van der Waals surface area contributed by atoms with Crippen molar-refractivity contribution in [3.8, 4) is 0 Å². The monoisotopic (exact) mass is 308 g/mol. The molecule has 0 saturated heterocycles. The molecule has 2 rings (SSSR count). The van der Waals surface area contributed by atoms with E-state index < -0.39 is 0 Å². The van der Waals surface area contributed by atoms with Crippen molar-refractivity contribution in [2.75, 3.05) is 14.1 Å². The molecule has 0 atom stereocenters. The van der Waals surface area contributed by atoms with Crippen LogP contribution in [-0.4, -0.2) is 39.1 Å². The zero-order valence-corrected chi connectivity index (χ0v) is 13.6. The second-order valence-electron chi connectivity index (χ2n) is 4.97. The Bertz CT molecular complexity index is 627. The third-order valence-corrected chi connectivity index (χ3v) is 3.58. The van der Waals surface area contributed by atoms with Crippen LogP contribution in [0, 0.1) is 0 Å². The summed E-state index contributed by atoms with van der Waals surface area (Å²) in [6, 6.07) is 1.96. The first-order valence-corrected chi connectivity index (χ1v) is 7.07. The van der Waals surface area contributed by atoms with Crippen LogP contribution in [0.3, 0.4) is 0 Å². The number of hydrogen-bond acceptors (Lipinski definition) is 2. The second kappa shape index (κ2) is 6.67. The van der Waals surface area contributed by atoms with Crippen molar-refractivity contribution in [2.24, 2.45) is 19.1 Å². The second-order valence-corrected chi connectivity index (χ2v) is 5.41. The summed E-state index contributed by atoms with van der Waals surface area (Å²) in [4.78, 5) is 10.6. The molecular formula is C14H21ClN6. The molecule has 0 spiro atoms. The van der Waals surface area contributed by atoms with Crippen LogP contribution in [0.15, 0.2) is 29.6 Å².